The summed E-state index contributed by atoms with van der Waals surface area (Å²) in [6.07, 6.45) is 1.79. The van der Waals surface area contributed by atoms with Crippen molar-refractivity contribution >= 4 is 5.91 Å². The summed E-state index contributed by atoms with van der Waals surface area (Å²) in [5.74, 6) is 0.524. The zero-order valence-corrected chi connectivity index (χ0v) is 14.0. The maximum atomic E-state index is 12.7. The lowest BCUT2D eigenvalue weighted by Gasteiger charge is -2.35. The highest BCUT2D eigenvalue weighted by atomic mass is 16.3. The zero-order chi connectivity index (χ0) is 16.9. The first-order valence-electron chi connectivity index (χ1n) is 8.41. The fourth-order valence-corrected chi connectivity index (χ4v) is 3.05. The number of aromatic nitrogens is 2. The van der Waals surface area contributed by atoms with Gasteiger partial charge in [-0.05, 0) is 12.5 Å². The molecule has 1 saturated heterocycles. The smallest absolute Gasteiger partial charge is 0.233 e. The summed E-state index contributed by atoms with van der Waals surface area (Å²) in [5.41, 5.74) is 1.99. The Morgan fingerprint density at radius 2 is 1.96 bits per heavy atom. The second kappa shape index (κ2) is 7.59. The number of hydrogen-bond donors (Lipinski definition) is 2. The third-order valence-corrected chi connectivity index (χ3v) is 4.56. The van der Waals surface area contributed by atoms with E-state index >= 15 is 0 Å². The molecule has 1 unspecified atom stereocenters. The number of benzene rings is 1. The second-order valence-corrected chi connectivity index (χ2v) is 6.16. The van der Waals surface area contributed by atoms with Crippen molar-refractivity contribution < 1.29 is 9.90 Å². The average molecular weight is 328 g/mol. The molecule has 6 nitrogen and oxygen atoms in total. The number of carbonyl (C=O) groups excluding carboxylic acids is 1. The molecule has 0 radical (unpaired) electrons. The van der Waals surface area contributed by atoms with Gasteiger partial charge in [-0.3, -0.25) is 9.69 Å². The lowest BCUT2D eigenvalue weighted by Crippen LogP contribution is -2.50. The third-order valence-electron chi connectivity index (χ3n) is 4.56. The number of aromatic amines is 1. The molecule has 1 amide bonds. The Bertz CT molecular complexity index is 663. The molecule has 6 heteroatoms. The van der Waals surface area contributed by atoms with Crippen molar-refractivity contribution in [2.45, 2.75) is 12.8 Å². The van der Waals surface area contributed by atoms with Crippen LogP contribution in [0.2, 0.25) is 0 Å². The number of nitrogens with zero attached hydrogens (tertiary/aromatic N) is 3. The summed E-state index contributed by atoms with van der Waals surface area (Å²) in [5, 5.41) is 8.99. The van der Waals surface area contributed by atoms with Crippen molar-refractivity contribution in [2.75, 3.05) is 39.3 Å². The van der Waals surface area contributed by atoms with Crippen molar-refractivity contribution in [1.82, 2.24) is 19.8 Å². The Morgan fingerprint density at radius 1 is 1.25 bits per heavy atom. The number of H-pyrrole nitrogens is 1. The van der Waals surface area contributed by atoms with E-state index in [1.165, 1.54) is 0 Å². The van der Waals surface area contributed by atoms with Crippen LogP contribution in [0, 0.1) is 0 Å². The molecular weight excluding hydrogens is 304 g/mol. The van der Waals surface area contributed by atoms with E-state index in [1.54, 1.807) is 6.20 Å². The van der Waals surface area contributed by atoms with Crippen LogP contribution in [0.4, 0.5) is 0 Å². The molecule has 2 N–H and O–H groups in total. The quantitative estimate of drug-likeness (QED) is 0.868. The van der Waals surface area contributed by atoms with E-state index in [0.29, 0.717) is 25.5 Å². The van der Waals surface area contributed by atoms with Crippen molar-refractivity contribution in [3.63, 3.8) is 0 Å². The van der Waals surface area contributed by atoms with E-state index in [2.05, 4.69) is 14.9 Å². The number of imidazole rings is 1. The number of nitrogens with one attached hydrogen (secondary N) is 1. The van der Waals surface area contributed by atoms with Crippen LogP contribution in [0.1, 0.15) is 18.7 Å². The molecule has 2 aromatic rings. The normalized spacial score (nSPS) is 17.0. The number of carbonyl (C=O) groups is 1. The van der Waals surface area contributed by atoms with Crippen LogP contribution >= 0.6 is 0 Å². The molecule has 2 heterocycles. The van der Waals surface area contributed by atoms with Gasteiger partial charge in [0.2, 0.25) is 5.91 Å². The fraction of sp³-hybridized carbons (Fsp3) is 0.444. The van der Waals surface area contributed by atoms with Gasteiger partial charge < -0.3 is 15.0 Å². The summed E-state index contributed by atoms with van der Waals surface area (Å²) in [6.45, 7) is 5.77. The van der Waals surface area contributed by atoms with Crippen LogP contribution in [-0.2, 0) is 4.79 Å². The predicted molar refractivity (Wildman–Crippen MR) is 92.5 cm³/mol. The van der Waals surface area contributed by atoms with E-state index in [4.69, 9.17) is 5.11 Å². The SMILES string of the molecule is CC(C(=O)N1CCN(CCO)CC1)c1ncc(-c2ccccc2)[nH]1. The Labute approximate surface area is 142 Å². The molecule has 1 aromatic carbocycles. The van der Waals surface area contributed by atoms with E-state index in [0.717, 1.165) is 24.3 Å². The van der Waals surface area contributed by atoms with Crippen LogP contribution in [0.25, 0.3) is 11.3 Å². The van der Waals surface area contributed by atoms with Gasteiger partial charge >= 0.3 is 0 Å². The van der Waals surface area contributed by atoms with Crippen LogP contribution in [0.15, 0.2) is 36.5 Å². The summed E-state index contributed by atoms with van der Waals surface area (Å²) in [7, 11) is 0. The minimum Gasteiger partial charge on any atom is -0.395 e. The molecule has 3 rings (SSSR count). The highest BCUT2D eigenvalue weighted by molar-refractivity contribution is 5.82. The number of β-amino-alcohol motifs (C(OH)–C–C–N with tert-alkyl or cyclic N) is 1. The summed E-state index contributed by atoms with van der Waals surface area (Å²) < 4.78 is 0. The van der Waals surface area contributed by atoms with Crippen LogP contribution in [0.3, 0.4) is 0 Å². The summed E-state index contributed by atoms with van der Waals surface area (Å²) in [4.78, 5) is 24.5. The Kier molecular flexibility index (Phi) is 5.27. The van der Waals surface area contributed by atoms with Crippen LogP contribution in [0.5, 0.6) is 0 Å². The van der Waals surface area contributed by atoms with E-state index < -0.39 is 0 Å². The highest BCUT2D eigenvalue weighted by Gasteiger charge is 2.27. The maximum absolute atomic E-state index is 12.7. The number of piperazine rings is 1. The van der Waals surface area contributed by atoms with E-state index in [9.17, 15) is 4.79 Å². The molecule has 1 fully saturated rings. The first kappa shape index (κ1) is 16.7. The molecule has 0 aliphatic carbocycles. The number of rotatable bonds is 5. The third kappa shape index (κ3) is 3.66. The Hall–Kier alpha value is -2.18. The lowest BCUT2D eigenvalue weighted by molar-refractivity contribution is -0.134. The van der Waals surface area contributed by atoms with E-state index in [-0.39, 0.29) is 18.4 Å². The largest absolute Gasteiger partial charge is 0.395 e. The predicted octanol–water partition coefficient (Wildman–Crippen LogP) is 1.32. The summed E-state index contributed by atoms with van der Waals surface area (Å²) in [6, 6.07) is 9.98. The molecule has 1 aliphatic heterocycles. The van der Waals surface area contributed by atoms with Crippen molar-refractivity contribution in [3.05, 3.63) is 42.4 Å². The minimum atomic E-state index is -0.285. The molecule has 1 aromatic heterocycles. The first-order chi connectivity index (χ1) is 11.7. The van der Waals surface area contributed by atoms with Crippen molar-refractivity contribution in [1.29, 1.82) is 0 Å². The summed E-state index contributed by atoms with van der Waals surface area (Å²) >= 11 is 0. The van der Waals surface area contributed by atoms with Gasteiger partial charge in [0, 0.05) is 32.7 Å². The van der Waals surface area contributed by atoms with Crippen molar-refractivity contribution in [3.8, 4) is 11.3 Å². The first-order valence-corrected chi connectivity index (χ1v) is 8.41. The standard InChI is InChI=1S/C18H24N4O2/c1-14(18(24)22-9-7-21(8-10-22)11-12-23)17-19-13-16(20-17)15-5-3-2-4-6-15/h2-6,13-14,23H,7-12H2,1H3,(H,19,20). The van der Waals surface area contributed by atoms with Gasteiger partial charge in [0.25, 0.3) is 0 Å². The number of aliphatic hydroxyl groups excluding tert-OH is 1. The molecule has 128 valence electrons. The van der Waals surface area contributed by atoms with Gasteiger partial charge in [0.1, 0.15) is 5.82 Å². The topological polar surface area (TPSA) is 72.5 Å². The van der Waals surface area contributed by atoms with Crippen molar-refractivity contribution in [2.24, 2.45) is 0 Å². The second-order valence-electron chi connectivity index (χ2n) is 6.16. The molecule has 24 heavy (non-hydrogen) atoms. The zero-order valence-electron chi connectivity index (χ0n) is 14.0. The molecule has 0 spiro atoms. The lowest BCUT2D eigenvalue weighted by atomic mass is 10.1. The fourth-order valence-electron chi connectivity index (χ4n) is 3.05. The maximum Gasteiger partial charge on any atom is 0.233 e. The average Bonchev–Trinajstić information content (AvgIpc) is 3.12. The van der Waals surface area contributed by atoms with Crippen LogP contribution < -0.4 is 0 Å². The number of hydrogen-bond acceptors (Lipinski definition) is 4. The van der Waals surface area contributed by atoms with Gasteiger partial charge in [0.15, 0.2) is 0 Å². The molecule has 0 bridgehead atoms. The molecular formula is C18H24N4O2. The van der Waals surface area contributed by atoms with Gasteiger partial charge in [-0.1, -0.05) is 30.3 Å². The molecule has 0 saturated carbocycles. The minimum absolute atomic E-state index is 0.104. The van der Waals surface area contributed by atoms with Gasteiger partial charge in [-0.2, -0.15) is 0 Å². The van der Waals surface area contributed by atoms with Gasteiger partial charge in [-0.25, -0.2) is 4.98 Å². The highest BCUT2D eigenvalue weighted by Crippen LogP contribution is 2.21. The monoisotopic (exact) mass is 328 g/mol. The van der Waals surface area contributed by atoms with Crippen LogP contribution in [-0.4, -0.2) is 70.1 Å². The van der Waals surface area contributed by atoms with Gasteiger partial charge in [0.05, 0.1) is 24.4 Å². The molecule has 1 aliphatic rings. The van der Waals surface area contributed by atoms with E-state index in [1.807, 2.05) is 42.2 Å². The molecule has 1 atom stereocenters. The Balaban J connectivity index is 1.63. The number of amides is 1. The Morgan fingerprint density at radius 3 is 2.62 bits per heavy atom. The number of aliphatic hydroxyl groups is 1. The van der Waals surface area contributed by atoms with Gasteiger partial charge in [-0.15, -0.1) is 0 Å².